The van der Waals surface area contributed by atoms with E-state index in [0.29, 0.717) is 6.61 Å². The Kier molecular flexibility index (Phi) is 6.26. The smallest absolute Gasteiger partial charge is 0.315 e. The van der Waals surface area contributed by atoms with Gasteiger partial charge in [0.25, 0.3) is 0 Å². The van der Waals surface area contributed by atoms with Gasteiger partial charge in [0.15, 0.2) is 0 Å². The molecule has 78 valence electrons. The third-order valence-corrected chi connectivity index (χ3v) is 1.34. The second-order valence-electron chi connectivity index (χ2n) is 3.11. The summed E-state index contributed by atoms with van der Waals surface area (Å²) >= 11 is 0. The fourth-order valence-corrected chi connectivity index (χ4v) is 0.830. The van der Waals surface area contributed by atoms with Crippen LogP contribution in [0.25, 0.3) is 0 Å². The second kappa shape index (κ2) is 6.68. The van der Waals surface area contributed by atoms with Gasteiger partial charge in [0.05, 0.1) is 19.3 Å². The number of rotatable bonds is 5. The molecule has 1 atom stereocenters. The molecule has 0 radical (unpaired) electrons. The third kappa shape index (κ3) is 6.36. The Bertz CT molecular complexity index is 150. The minimum Gasteiger partial charge on any atom is -0.394 e. The number of nitrogens with one attached hydrogen (secondary N) is 2. The highest BCUT2D eigenvalue weighted by Gasteiger charge is 2.10. The predicted molar refractivity (Wildman–Crippen MR) is 49.6 cm³/mol. The highest BCUT2D eigenvalue weighted by Crippen LogP contribution is 1.84. The maximum Gasteiger partial charge on any atom is 0.315 e. The lowest BCUT2D eigenvalue weighted by Gasteiger charge is -2.16. The van der Waals surface area contributed by atoms with Crippen molar-refractivity contribution in [2.75, 3.05) is 20.3 Å². The summed E-state index contributed by atoms with van der Waals surface area (Å²) in [5.74, 6) is 0. The maximum atomic E-state index is 11.1. The van der Waals surface area contributed by atoms with Gasteiger partial charge in [0, 0.05) is 13.2 Å². The van der Waals surface area contributed by atoms with Gasteiger partial charge in [0.1, 0.15) is 0 Å². The second-order valence-corrected chi connectivity index (χ2v) is 3.11. The summed E-state index contributed by atoms with van der Waals surface area (Å²) in [7, 11) is 1.52. The molecule has 0 saturated heterocycles. The minimum absolute atomic E-state index is 0.0851. The van der Waals surface area contributed by atoms with Crippen molar-refractivity contribution >= 4 is 6.03 Å². The molecule has 5 nitrogen and oxygen atoms in total. The van der Waals surface area contributed by atoms with Gasteiger partial charge in [-0.1, -0.05) is 0 Å². The summed E-state index contributed by atoms with van der Waals surface area (Å²) in [6.07, 6.45) is 0. The van der Waals surface area contributed by atoms with Crippen LogP contribution in [0.4, 0.5) is 4.79 Å². The molecular formula is C8H18N2O3. The van der Waals surface area contributed by atoms with Crippen LogP contribution in [0.5, 0.6) is 0 Å². The first-order valence-electron chi connectivity index (χ1n) is 4.27. The molecule has 0 spiro atoms. The number of carbonyl (C=O) groups excluding carboxylic acids is 1. The summed E-state index contributed by atoms with van der Waals surface area (Å²) in [5.41, 5.74) is 0. The largest absolute Gasteiger partial charge is 0.394 e. The van der Waals surface area contributed by atoms with E-state index in [-0.39, 0.29) is 24.7 Å². The van der Waals surface area contributed by atoms with Crippen molar-refractivity contribution in [1.29, 1.82) is 0 Å². The number of hydrogen-bond donors (Lipinski definition) is 3. The number of methoxy groups -OCH3 is 1. The molecule has 0 rings (SSSR count). The monoisotopic (exact) mass is 190 g/mol. The van der Waals surface area contributed by atoms with Crippen LogP contribution in [0.1, 0.15) is 13.8 Å². The van der Waals surface area contributed by atoms with Gasteiger partial charge in [-0.3, -0.25) is 0 Å². The molecule has 0 aromatic rings. The van der Waals surface area contributed by atoms with E-state index < -0.39 is 0 Å². The quantitative estimate of drug-likeness (QED) is 0.557. The van der Waals surface area contributed by atoms with Crippen molar-refractivity contribution < 1.29 is 14.6 Å². The van der Waals surface area contributed by atoms with Gasteiger partial charge in [-0.05, 0) is 13.8 Å². The molecule has 0 heterocycles. The fourth-order valence-electron chi connectivity index (χ4n) is 0.830. The van der Waals surface area contributed by atoms with Crippen LogP contribution in [0.15, 0.2) is 0 Å². The van der Waals surface area contributed by atoms with Gasteiger partial charge < -0.3 is 20.5 Å². The molecule has 0 aromatic heterocycles. The number of carbonyl (C=O) groups is 1. The maximum absolute atomic E-state index is 11.1. The Balaban J connectivity index is 3.73. The molecule has 0 aliphatic carbocycles. The number of aliphatic hydroxyl groups excluding tert-OH is 1. The summed E-state index contributed by atoms with van der Waals surface area (Å²) in [4.78, 5) is 11.1. The van der Waals surface area contributed by atoms with E-state index >= 15 is 0 Å². The van der Waals surface area contributed by atoms with Gasteiger partial charge in [0.2, 0.25) is 0 Å². The number of amides is 2. The first-order valence-corrected chi connectivity index (χ1v) is 4.27. The summed E-state index contributed by atoms with van der Waals surface area (Å²) in [6.45, 7) is 3.91. The zero-order valence-corrected chi connectivity index (χ0v) is 8.33. The van der Waals surface area contributed by atoms with E-state index in [1.807, 2.05) is 13.8 Å². The molecule has 3 N–H and O–H groups in total. The van der Waals surface area contributed by atoms with Crippen molar-refractivity contribution in [1.82, 2.24) is 10.6 Å². The Labute approximate surface area is 78.5 Å². The molecule has 0 aromatic carbocycles. The lowest BCUT2D eigenvalue weighted by molar-refractivity contribution is 0.130. The molecule has 2 amide bonds. The zero-order valence-electron chi connectivity index (χ0n) is 8.33. The molecule has 0 saturated carbocycles. The first kappa shape index (κ1) is 12.2. The van der Waals surface area contributed by atoms with E-state index in [1.54, 1.807) is 0 Å². The standard InChI is InChI=1S/C8H18N2O3/c1-6(2)9-8(12)10-7(4-11)5-13-3/h6-7,11H,4-5H2,1-3H3,(H2,9,10,12). The van der Waals surface area contributed by atoms with Crippen molar-refractivity contribution in [3.8, 4) is 0 Å². The van der Waals surface area contributed by atoms with Crippen molar-refractivity contribution in [2.24, 2.45) is 0 Å². The number of aliphatic hydroxyl groups is 1. The van der Waals surface area contributed by atoms with Gasteiger partial charge in [-0.25, -0.2) is 4.79 Å². The number of hydrogen-bond acceptors (Lipinski definition) is 3. The minimum atomic E-state index is -0.344. The average molecular weight is 190 g/mol. The van der Waals surface area contributed by atoms with Crippen LogP contribution in [0.3, 0.4) is 0 Å². The third-order valence-electron chi connectivity index (χ3n) is 1.34. The van der Waals surface area contributed by atoms with Gasteiger partial charge in [-0.2, -0.15) is 0 Å². The molecule has 0 aliphatic heterocycles. The molecule has 13 heavy (non-hydrogen) atoms. The molecule has 0 fully saturated rings. The van der Waals surface area contributed by atoms with Crippen LogP contribution < -0.4 is 10.6 Å². The summed E-state index contributed by atoms with van der Waals surface area (Å²) < 4.78 is 4.80. The Morgan fingerprint density at radius 2 is 2.08 bits per heavy atom. The van der Waals surface area contributed by atoms with Crippen LogP contribution in [0, 0.1) is 0 Å². The average Bonchev–Trinajstić information content (AvgIpc) is 2.02. The lowest BCUT2D eigenvalue weighted by atomic mass is 10.3. The van der Waals surface area contributed by atoms with Crippen LogP contribution in [0.2, 0.25) is 0 Å². The van der Waals surface area contributed by atoms with Crippen LogP contribution in [-0.4, -0.2) is 43.5 Å². The topological polar surface area (TPSA) is 70.6 Å². The Morgan fingerprint density at radius 3 is 2.46 bits per heavy atom. The van der Waals surface area contributed by atoms with Crippen LogP contribution >= 0.6 is 0 Å². The fraction of sp³-hybridized carbons (Fsp3) is 0.875. The Hall–Kier alpha value is -0.810. The lowest BCUT2D eigenvalue weighted by Crippen LogP contribution is -2.47. The van der Waals surface area contributed by atoms with Crippen molar-refractivity contribution in [3.05, 3.63) is 0 Å². The van der Waals surface area contributed by atoms with Crippen molar-refractivity contribution in [3.63, 3.8) is 0 Å². The molecular weight excluding hydrogens is 172 g/mol. The molecule has 0 aliphatic rings. The number of ether oxygens (including phenoxy) is 1. The van der Waals surface area contributed by atoms with E-state index in [2.05, 4.69) is 10.6 Å². The molecule has 5 heteroatoms. The van der Waals surface area contributed by atoms with E-state index in [9.17, 15) is 4.79 Å². The van der Waals surface area contributed by atoms with Crippen molar-refractivity contribution in [2.45, 2.75) is 25.9 Å². The van der Waals surface area contributed by atoms with E-state index in [1.165, 1.54) is 7.11 Å². The van der Waals surface area contributed by atoms with E-state index in [0.717, 1.165) is 0 Å². The number of urea groups is 1. The van der Waals surface area contributed by atoms with Gasteiger partial charge in [-0.15, -0.1) is 0 Å². The normalized spacial score (nSPS) is 12.7. The Morgan fingerprint density at radius 1 is 1.46 bits per heavy atom. The first-order chi connectivity index (χ1) is 6.10. The van der Waals surface area contributed by atoms with Crippen LogP contribution in [-0.2, 0) is 4.74 Å². The highest BCUT2D eigenvalue weighted by molar-refractivity contribution is 5.74. The highest BCUT2D eigenvalue weighted by atomic mass is 16.5. The molecule has 1 unspecified atom stereocenters. The van der Waals surface area contributed by atoms with Gasteiger partial charge >= 0.3 is 6.03 Å². The predicted octanol–water partition coefficient (Wildman–Crippen LogP) is -0.299. The van der Waals surface area contributed by atoms with E-state index in [4.69, 9.17) is 9.84 Å². The summed E-state index contributed by atoms with van der Waals surface area (Å²) in [5, 5.41) is 14.0. The SMILES string of the molecule is COCC(CO)NC(=O)NC(C)C. The molecule has 0 bridgehead atoms. The zero-order chi connectivity index (χ0) is 10.3. The summed E-state index contributed by atoms with van der Waals surface area (Å²) in [6, 6.07) is -0.545.